The van der Waals surface area contributed by atoms with Crippen LogP contribution in [0, 0.1) is 5.41 Å². The molecule has 2 N–H and O–H groups in total. The van der Waals surface area contributed by atoms with Crippen LogP contribution in [0.5, 0.6) is 0 Å². The van der Waals surface area contributed by atoms with E-state index >= 15 is 0 Å². The van der Waals surface area contributed by atoms with Crippen LogP contribution in [0.3, 0.4) is 0 Å². The first-order chi connectivity index (χ1) is 8.06. The zero-order valence-corrected chi connectivity index (χ0v) is 10.1. The average molecular weight is 244 g/mol. The summed E-state index contributed by atoms with van der Waals surface area (Å²) >= 11 is 0. The fourth-order valence-corrected chi connectivity index (χ4v) is 3.20. The van der Waals surface area contributed by atoms with Gasteiger partial charge in [0.05, 0.1) is 12.7 Å². The molecule has 1 saturated heterocycles. The lowest BCUT2D eigenvalue weighted by atomic mass is 9.55. The van der Waals surface area contributed by atoms with Gasteiger partial charge in [0.15, 0.2) is 0 Å². The zero-order chi connectivity index (χ0) is 12.5. The summed E-state index contributed by atoms with van der Waals surface area (Å²) in [5.41, 5.74) is -1.73. The predicted molar refractivity (Wildman–Crippen MR) is 59.7 cm³/mol. The van der Waals surface area contributed by atoms with Crippen LogP contribution in [0.1, 0.15) is 32.1 Å². The summed E-state index contributed by atoms with van der Waals surface area (Å²) in [7, 11) is 1.56. The van der Waals surface area contributed by atoms with Crippen LogP contribution in [-0.4, -0.2) is 48.2 Å². The van der Waals surface area contributed by atoms with E-state index < -0.39 is 23.1 Å². The van der Waals surface area contributed by atoms with Crippen molar-refractivity contribution in [3.8, 4) is 0 Å². The first-order valence-electron chi connectivity index (χ1n) is 6.11. The largest absolute Gasteiger partial charge is 0.481 e. The maximum atomic E-state index is 11.6. The van der Waals surface area contributed by atoms with E-state index in [4.69, 9.17) is 9.47 Å². The number of hydrogen-bond donors (Lipinski definition) is 2. The van der Waals surface area contributed by atoms with Crippen LogP contribution in [0.15, 0.2) is 0 Å². The van der Waals surface area contributed by atoms with Gasteiger partial charge in [-0.15, -0.1) is 0 Å². The summed E-state index contributed by atoms with van der Waals surface area (Å²) in [5, 5.41) is 19.0. The first kappa shape index (κ1) is 12.8. The van der Waals surface area contributed by atoms with Crippen LogP contribution in [-0.2, 0) is 14.3 Å². The number of rotatable bonds is 4. The zero-order valence-electron chi connectivity index (χ0n) is 10.1. The number of hydrogen-bond acceptors (Lipinski definition) is 4. The van der Waals surface area contributed by atoms with Gasteiger partial charge in [0.2, 0.25) is 0 Å². The second-order valence-corrected chi connectivity index (χ2v) is 5.18. The molecule has 1 heterocycles. The molecule has 1 saturated carbocycles. The highest BCUT2D eigenvalue weighted by molar-refractivity contribution is 5.78. The third-order valence-corrected chi connectivity index (χ3v) is 4.18. The Morgan fingerprint density at radius 2 is 2.18 bits per heavy atom. The van der Waals surface area contributed by atoms with Crippen LogP contribution >= 0.6 is 0 Å². The number of methoxy groups -OCH3 is 1. The number of carboxylic acids is 1. The molecule has 2 aliphatic rings. The van der Waals surface area contributed by atoms with Gasteiger partial charge in [0.1, 0.15) is 11.0 Å². The molecule has 2 fully saturated rings. The molecule has 1 aliphatic heterocycles. The molecular formula is C12H20O5. The SMILES string of the molecule is COCC1(C2(C(=O)O)CC(O)C2)CCCCO1. The smallest absolute Gasteiger partial charge is 0.312 e. The minimum absolute atomic E-state index is 0.270. The highest BCUT2D eigenvalue weighted by Crippen LogP contribution is 2.54. The van der Waals surface area contributed by atoms with Crippen LogP contribution in [0.2, 0.25) is 0 Å². The number of aliphatic hydroxyl groups excluding tert-OH is 1. The molecule has 0 aromatic heterocycles. The van der Waals surface area contributed by atoms with Crippen molar-refractivity contribution in [2.45, 2.75) is 43.8 Å². The summed E-state index contributed by atoms with van der Waals surface area (Å²) in [5.74, 6) is -0.873. The van der Waals surface area contributed by atoms with Crippen LogP contribution < -0.4 is 0 Å². The van der Waals surface area contributed by atoms with E-state index in [9.17, 15) is 15.0 Å². The number of carboxylic acid groups (broad SMARTS) is 1. The highest BCUT2D eigenvalue weighted by Gasteiger charge is 2.64. The second-order valence-electron chi connectivity index (χ2n) is 5.18. The van der Waals surface area contributed by atoms with E-state index in [0.717, 1.165) is 12.8 Å². The van der Waals surface area contributed by atoms with Crippen LogP contribution in [0.25, 0.3) is 0 Å². The molecule has 1 unspecified atom stereocenters. The van der Waals surface area contributed by atoms with Gasteiger partial charge in [-0.3, -0.25) is 4.79 Å². The fraction of sp³-hybridized carbons (Fsp3) is 0.917. The number of aliphatic carboxylic acids is 1. The molecule has 5 heteroatoms. The number of aliphatic hydroxyl groups is 1. The van der Waals surface area contributed by atoms with Gasteiger partial charge in [-0.2, -0.15) is 0 Å². The summed E-state index contributed by atoms with van der Waals surface area (Å²) in [4.78, 5) is 11.6. The van der Waals surface area contributed by atoms with Crippen molar-refractivity contribution < 1.29 is 24.5 Å². The average Bonchev–Trinajstić information content (AvgIpc) is 2.25. The van der Waals surface area contributed by atoms with Gasteiger partial charge in [0.25, 0.3) is 0 Å². The van der Waals surface area contributed by atoms with Crippen molar-refractivity contribution in [1.29, 1.82) is 0 Å². The van der Waals surface area contributed by atoms with Gasteiger partial charge in [-0.1, -0.05) is 0 Å². The minimum Gasteiger partial charge on any atom is -0.481 e. The molecule has 0 aromatic rings. The summed E-state index contributed by atoms with van der Waals surface area (Å²) in [6.45, 7) is 0.862. The molecule has 0 bridgehead atoms. The third-order valence-electron chi connectivity index (χ3n) is 4.18. The standard InChI is InChI=1S/C12H20O5/c1-16-8-12(4-2-3-5-17-12)11(10(14)15)6-9(13)7-11/h9,13H,2-8H2,1H3,(H,14,15). The molecule has 1 atom stereocenters. The predicted octanol–water partition coefficient (Wildman–Crippen LogP) is 0.798. The van der Waals surface area contributed by atoms with E-state index in [1.54, 1.807) is 7.11 Å². The molecule has 0 radical (unpaired) electrons. The van der Waals surface area contributed by atoms with Gasteiger partial charge >= 0.3 is 5.97 Å². The third kappa shape index (κ3) is 1.86. The van der Waals surface area contributed by atoms with E-state index in [1.165, 1.54) is 0 Å². The molecule has 0 spiro atoms. The van der Waals surface area contributed by atoms with Gasteiger partial charge in [-0.05, 0) is 32.1 Å². The molecule has 2 rings (SSSR count). The van der Waals surface area contributed by atoms with E-state index in [0.29, 0.717) is 13.0 Å². The summed E-state index contributed by atoms with van der Waals surface area (Å²) in [6, 6.07) is 0. The van der Waals surface area contributed by atoms with Crippen molar-refractivity contribution in [1.82, 2.24) is 0 Å². The monoisotopic (exact) mass is 244 g/mol. The Bertz CT molecular complexity index is 284. The normalized spacial score (nSPS) is 41.9. The van der Waals surface area contributed by atoms with E-state index in [-0.39, 0.29) is 19.4 Å². The maximum absolute atomic E-state index is 11.6. The molecule has 1 aliphatic carbocycles. The lowest BCUT2D eigenvalue weighted by Crippen LogP contribution is -2.65. The Kier molecular flexibility index (Phi) is 3.43. The molecule has 98 valence electrons. The van der Waals surface area contributed by atoms with Gasteiger partial charge < -0.3 is 19.7 Å². The van der Waals surface area contributed by atoms with E-state index in [1.807, 2.05) is 0 Å². The quantitative estimate of drug-likeness (QED) is 0.765. The molecule has 0 amide bonds. The molecular weight excluding hydrogens is 224 g/mol. The Hall–Kier alpha value is -0.650. The maximum Gasteiger partial charge on any atom is 0.312 e. The lowest BCUT2D eigenvalue weighted by Gasteiger charge is -2.55. The van der Waals surface area contributed by atoms with E-state index in [2.05, 4.69) is 0 Å². The van der Waals surface area contributed by atoms with Gasteiger partial charge in [-0.25, -0.2) is 0 Å². The van der Waals surface area contributed by atoms with Crippen molar-refractivity contribution >= 4 is 5.97 Å². The van der Waals surface area contributed by atoms with Crippen LogP contribution in [0.4, 0.5) is 0 Å². The number of ether oxygens (including phenoxy) is 2. The number of carbonyl (C=O) groups is 1. The lowest BCUT2D eigenvalue weighted by molar-refractivity contribution is -0.240. The minimum atomic E-state index is -0.969. The fourth-order valence-electron chi connectivity index (χ4n) is 3.20. The van der Waals surface area contributed by atoms with Crippen molar-refractivity contribution in [3.05, 3.63) is 0 Å². The van der Waals surface area contributed by atoms with Gasteiger partial charge in [0, 0.05) is 13.7 Å². The second kappa shape index (κ2) is 4.55. The Labute approximate surface area is 101 Å². The topological polar surface area (TPSA) is 76.0 Å². The Balaban J connectivity index is 2.26. The van der Waals surface area contributed by atoms with Crippen molar-refractivity contribution in [2.24, 2.45) is 5.41 Å². The highest BCUT2D eigenvalue weighted by atomic mass is 16.5. The first-order valence-corrected chi connectivity index (χ1v) is 6.11. The molecule has 0 aromatic carbocycles. The summed E-state index contributed by atoms with van der Waals surface area (Å²) in [6.07, 6.45) is 2.63. The van der Waals surface area contributed by atoms with Crippen molar-refractivity contribution in [2.75, 3.05) is 20.3 Å². The Morgan fingerprint density at radius 1 is 1.47 bits per heavy atom. The Morgan fingerprint density at radius 3 is 2.59 bits per heavy atom. The van der Waals surface area contributed by atoms with Crippen molar-refractivity contribution in [3.63, 3.8) is 0 Å². The summed E-state index contributed by atoms with van der Waals surface area (Å²) < 4.78 is 11.0. The molecule has 5 nitrogen and oxygen atoms in total. The molecule has 17 heavy (non-hydrogen) atoms.